The molecule has 0 radical (unpaired) electrons. The van der Waals surface area contributed by atoms with Gasteiger partial charge in [-0.1, -0.05) is 23.7 Å². The van der Waals surface area contributed by atoms with Crippen molar-refractivity contribution >= 4 is 33.2 Å². The van der Waals surface area contributed by atoms with Crippen molar-refractivity contribution < 1.29 is 22.7 Å². The van der Waals surface area contributed by atoms with Crippen molar-refractivity contribution in [2.24, 2.45) is 0 Å². The number of sulfonamides is 1. The molecule has 0 aliphatic rings. The Labute approximate surface area is 137 Å². The quantitative estimate of drug-likeness (QED) is 0.762. The molecule has 0 atom stereocenters. The molecule has 0 aromatic heterocycles. The highest BCUT2D eigenvalue weighted by Crippen LogP contribution is 2.30. The molecule has 0 saturated carbocycles. The standard InChI is InChI=1S/C14H12ClFN2O4S/c15-11-5-2-6-12(14(11)20)23(21,22)17-8-13(19)18-10-4-1-3-9(16)7-10/h1-7,17,20H,8H2,(H,18,19). The van der Waals surface area contributed by atoms with Gasteiger partial charge in [-0.15, -0.1) is 0 Å². The number of benzene rings is 2. The Morgan fingerprint density at radius 1 is 1.22 bits per heavy atom. The van der Waals surface area contributed by atoms with Gasteiger partial charge >= 0.3 is 0 Å². The highest BCUT2D eigenvalue weighted by Gasteiger charge is 2.21. The van der Waals surface area contributed by atoms with Crippen molar-refractivity contribution in [3.05, 3.63) is 53.3 Å². The van der Waals surface area contributed by atoms with Crippen molar-refractivity contribution in [1.29, 1.82) is 0 Å². The van der Waals surface area contributed by atoms with E-state index < -0.39 is 38.9 Å². The van der Waals surface area contributed by atoms with Gasteiger partial charge in [-0.25, -0.2) is 17.5 Å². The average Bonchev–Trinajstić information content (AvgIpc) is 2.48. The monoisotopic (exact) mass is 358 g/mol. The number of halogens is 2. The number of carbonyl (C=O) groups is 1. The van der Waals surface area contributed by atoms with Gasteiger partial charge in [0.05, 0.1) is 11.6 Å². The van der Waals surface area contributed by atoms with E-state index in [1.807, 2.05) is 4.72 Å². The second-order valence-corrected chi connectivity index (χ2v) is 6.61. The third-order valence-corrected chi connectivity index (χ3v) is 4.51. The van der Waals surface area contributed by atoms with Gasteiger partial charge in [0.2, 0.25) is 15.9 Å². The van der Waals surface area contributed by atoms with Gasteiger partial charge < -0.3 is 10.4 Å². The summed E-state index contributed by atoms with van der Waals surface area (Å²) in [6.45, 7) is -0.592. The number of phenols is 1. The highest BCUT2D eigenvalue weighted by atomic mass is 35.5. The molecule has 6 nitrogen and oxygen atoms in total. The first-order chi connectivity index (χ1) is 10.8. The minimum absolute atomic E-state index is 0.128. The predicted octanol–water partition coefficient (Wildman–Crippen LogP) is 2.10. The third-order valence-electron chi connectivity index (χ3n) is 2.77. The first-order valence-corrected chi connectivity index (χ1v) is 8.18. The van der Waals surface area contributed by atoms with Crippen LogP contribution >= 0.6 is 11.6 Å². The van der Waals surface area contributed by atoms with E-state index in [1.54, 1.807) is 0 Å². The largest absolute Gasteiger partial charge is 0.505 e. The molecule has 0 fully saturated rings. The van der Waals surface area contributed by atoms with E-state index in [0.29, 0.717) is 0 Å². The zero-order valence-electron chi connectivity index (χ0n) is 11.6. The molecule has 2 aromatic carbocycles. The van der Waals surface area contributed by atoms with Crippen LogP contribution in [-0.2, 0) is 14.8 Å². The molecule has 3 N–H and O–H groups in total. The summed E-state index contributed by atoms with van der Waals surface area (Å²) in [4.78, 5) is 11.3. The molecule has 0 unspecified atom stereocenters. The fourth-order valence-electron chi connectivity index (χ4n) is 1.72. The molecule has 0 heterocycles. The van der Waals surface area contributed by atoms with E-state index >= 15 is 0 Å². The highest BCUT2D eigenvalue weighted by molar-refractivity contribution is 7.89. The molecule has 0 aliphatic carbocycles. The summed E-state index contributed by atoms with van der Waals surface area (Å²) < 4.78 is 39.1. The second-order valence-electron chi connectivity index (χ2n) is 4.47. The molecular formula is C14H12ClFN2O4S. The molecule has 1 amide bonds. The maximum absolute atomic E-state index is 13.0. The molecule has 122 valence electrons. The van der Waals surface area contributed by atoms with Crippen LogP contribution in [0.5, 0.6) is 5.75 Å². The SMILES string of the molecule is O=C(CNS(=O)(=O)c1cccc(Cl)c1O)Nc1cccc(F)c1. The number of phenolic OH excluding ortho intramolecular Hbond substituents is 1. The van der Waals surface area contributed by atoms with E-state index in [4.69, 9.17) is 11.6 Å². The number of carbonyl (C=O) groups excluding carboxylic acids is 1. The van der Waals surface area contributed by atoms with Crippen molar-refractivity contribution in [2.75, 3.05) is 11.9 Å². The molecule has 2 aromatic rings. The lowest BCUT2D eigenvalue weighted by Crippen LogP contribution is -2.33. The van der Waals surface area contributed by atoms with Crippen molar-refractivity contribution in [3.63, 3.8) is 0 Å². The molecular weight excluding hydrogens is 347 g/mol. The fraction of sp³-hybridized carbons (Fsp3) is 0.0714. The Morgan fingerprint density at radius 2 is 1.91 bits per heavy atom. The van der Waals surface area contributed by atoms with Crippen LogP contribution in [0, 0.1) is 5.82 Å². The van der Waals surface area contributed by atoms with Crippen LogP contribution in [0.1, 0.15) is 0 Å². The van der Waals surface area contributed by atoms with Crippen LogP contribution in [0.15, 0.2) is 47.4 Å². The van der Waals surface area contributed by atoms with Crippen LogP contribution in [0.3, 0.4) is 0 Å². The molecule has 0 spiro atoms. The minimum atomic E-state index is -4.13. The second kappa shape index (κ2) is 6.95. The van der Waals surface area contributed by atoms with E-state index in [2.05, 4.69) is 5.32 Å². The van der Waals surface area contributed by atoms with Crippen LogP contribution < -0.4 is 10.0 Å². The van der Waals surface area contributed by atoms with Crippen LogP contribution in [0.2, 0.25) is 5.02 Å². The lowest BCUT2D eigenvalue weighted by Gasteiger charge is -2.09. The lowest BCUT2D eigenvalue weighted by atomic mass is 10.3. The molecule has 2 rings (SSSR count). The van der Waals surface area contributed by atoms with Gasteiger partial charge in [0, 0.05) is 5.69 Å². The predicted molar refractivity (Wildman–Crippen MR) is 83.3 cm³/mol. The number of amides is 1. The maximum atomic E-state index is 13.0. The van der Waals surface area contributed by atoms with Crippen molar-refractivity contribution in [1.82, 2.24) is 4.72 Å². The Bertz CT molecular complexity index is 842. The normalized spacial score (nSPS) is 11.2. The number of para-hydroxylation sites is 1. The van der Waals surface area contributed by atoms with Gasteiger partial charge in [0.15, 0.2) is 5.75 Å². The summed E-state index contributed by atoms with van der Waals surface area (Å²) in [6.07, 6.45) is 0. The van der Waals surface area contributed by atoms with Crippen LogP contribution in [0.25, 0.3) is 0 Å². The van der Waals surface area contributed by atoms with Gasteiger partial charge in [-0.3, -0.25) is 4.79 Å². The number of aromatic hydroxyl groups is 1. The zero-order valence-corrected chi connectivity index (χ0v) is 13.2. The van der Waals surface area contributed by atoms with Gasteiger partial charge in [0.25, 0.3) is 0 Å². The Kier molecular flexibility index (Phi) is 5.19. The van der Waals surface area contributed by atoms with Gasteiger partial charge in [-0.2, -0.15) is 0 Å². The number of rotatable bonds is 5. The Morgan fingerprint density at radius 3 is 2.61 bits per heavy atom. The topological polar surface area (TPSA) is 95.5 Å². The molecule has 0 saturated heterocycles. The van der Waals surface area contributed by atoms with Gasteiger partial charge in [0.1, 0.15) is 10.7 Å². The van der Waals surface area contributed by atoms with Crippen molar-refractivity contribution in [3.8, 4) is 5.75 Å². The number of nitrogens with one attached hydrogen (secondary N) is 2. The zero-order chi connectivity index (χ0) is 17.0. The fourth-order valence-corrected chi connectivity index (χ4v) is 3.05. The summed E-state index contributed by atoms with van der Waals surface area (Å²) in [5.74, 6) is -1.83. The van der Waals surface area contributed by atoms with Crippen LogP contribution in [-0.4, -0.2) is 26.0 Å². The number of hydrogen-bond acceptors (Lipinski definition) is 4. The summed E-state index contributed by atoms with van der Waals surface area (Å²) in [5, 5.41) is 11.9. The molecule has 23 heavy (non-hydrogen) atoms. The average molecular weight is 359 g/mol. The first-order valence-electron chi connectivity index (χ1n) is 6.32. The smallest absolute Gasteiger partial charge is 0.244 e. The Balaban J connectivity index is 2.04. The molecule has 9 heteroatoms. The summed E-state index contributed by atoms with van der Waals surface area (Å²) in [5.41, 5.74) is 0.194. The summed E-state index contributed by atoms with van der Waals surface area (Å²) in [6, 6.07) is 8.98. The van der Waals surface area contributed by atoms with E-state index in [1.165, 1.54) is 30.3 Å². The van der Waals surface area contributed by atoms with Crippen molar-refractivity contribution in [2.45, 2.75) is 4.90 Å². The maximum Gasteiger partial charge on any atom is 0.244 e. The number of hydrogen-bond donors (Lipinski definition) is 3. The summed E-state index contributed by atoms with van der Waals surface area (Å²) >= 11 is 5.65. The van der Waals surface area contributed by atoms with E-state index in [0.717, 1.165) is 12.1 Å². The lowest BCUT2D eigenvalue weighted by molar-refractivity contribution is -0.115. The summed E-state index contributed by atoms with van der Waals surface area (Å²) in [7, 11) is -4.13. The third kappa shape index (κ3) is 4.41. The van der Waals surface area contributed by atoms with Gasteiger partial charge in [-0.05, 0) is 30.3 Å². The molecule has 0 aliphatic heterocycles. The van der Waals surface area contributed by atoms with E-state index in [9.17, 15) is 22.7 Å². The molecule has 0 bridgehead atoms. The minimum Gasteiger partial charge on any atom is -0.505 e. The first kappa shape index (κ1) is 17.2. The van der Waals surface area contributed by atoms with Crippen LogP contribution in [0.4, 0.5) is 10.1 Å². The van der Waals surface area contributed by atoms with E-state index in [-0.39, 0.29) is 10.7 Å². The number of anilines is 1. The Hall–Kier alpha value is -2.16.